The van der Waals surface area contributed by atoms with Gasteiger partial charge in [-0.2, -0.15) is 0 Å². The molecule has 2 atom stereocenters. The van der Waals surface area contributed by atoms with Gasteiger partial charge in [0.1, 0.15) is 0 Å². The van der Waals surface area contributed by atoms with E-state index in [1.54, 1.807) is 0 Å². The molecule has 0 saturated heterocycles. The molecule has 2 aromatic rings. The maximum absolute atomic E-state index is 11.8. The van der Waals surface area contributed by atoms with Crippen molar-refractivity contribution in [2.24, 2.45) is 0 Å². The summed E-state index contributed by atoms with van der Waals surface area (Å²) in [7, 11) is 0. The van der Waals surface area contributed by atoms with Gasteiger partial charge < -0.3 is 0 Å². The van der Waals surface area contributed by atoms with E-state index in [4.69, 9.17) is 0 Å². The van der Waals surface area contributed by atoms with Gasteiger partial charge in [-0.25, -0.2) is 10.9 Å². The summed E-state index contributed by atoms with van der Waals surface area (Å²) in [6, 6.07) is 19.9. The molecule has 0 radical (unpaired) electrons. The second-order valence-electron chi connectivity index (χ2n) is 6.38. The Morgan fingerprint density at radius 2 is 1.04 bits per heavy atom. The molecule has 6 nitrogen and oxygen atoms in total. The highest BCUT2D eigenvalue weighted by Crippen LogP contribution is 2.02. The molecule has 0 aliphatic heterocycles. The van der Waals surface area contributed by atoms with Crippen LogP contribution in [0, 0.1) is 0 Å². The standard InChI is InChI=1S/C20H26N4O2/c1-15(13-17-9-5-3-6-10-17)21-23-19(25)20(26)24-22-16(2)14-18-11-7-4-8-12-18/h3-12,15-16,21-22H,13-14H2,1-2H3,(H,23,25)(H,24,26). The number of rotatable bonds is 8. The summed E-state index contributed by atoms with van der Waals surface area (Å²) in [5.74, 6) is -1.46. The topological polar surface area (TPSA) is 82.3 Å². The lowest BCUT2D eigenvalue weighted by Crippen LogP contribution is -2.54. The fourth-order valence-corrected chi connectivity index (χ4v) is 2.53. The van der Waals surface area contributed by atoms with Crippen LogP contribution in [0.3, 0.4) is 0 Å². The summed E-state index contributed by atoms with van der Waals surface area (Å²) in [4.78, 5) is 23.7. The van der Waals surface area contributed by atoms with Crippen molar-refractivity contribution in [3.8, 4) is 0 Å². The van der Waals surface area contributed by atoms with Crippen molar-refractivity contribution in [2.45, 2.75) is 38.8 Å². The Bertz CT molecular complexity index is 630. The van der Waals surface area contributed by atoms with E-state index in [1.807, 2.05) is 74.5 Å². The maximum atomic E-state index is 11.8. The summed E-state index contributed by atoms with van der Waals surface area (Å²) >= 11 is 0. The van der Waals surface area contributed by atoms with Gasteiger partial charge in [0.25, 0.3) is 0 Å². The molecule has 2 aromatic carbocycles. The SMILES string of the molecule is CC(Cc1ccccc1)NNC(=O)C(=O)NNC(C)Cc1ccccc1. The van der Waals surface area contributed by atoms with Gasteiger partial charge in [-0.15, -0.1) is 0 Å². The van der Waals surface area contributed by atoms with Crippen LogP contribution in [0.2, 0.25) is 0 Å². The second-order valence-corrected chi connectivity index (χ2v) is 6.38. The lowest BCUT2D eigenvalue weighted by molar-refractivity contribution is -0.140. The molecule has 2 unspecified atom stereocenters. The second kappa shape index (κ2) is 10.3. The molecule has 0 spiro atoms. The van der Waals surface area contributed by atoms with E-state index in [0.29, 0.717) is 0 Å². The summed E-state index contributed by atoms with van der Waals surface area (Å²) < 4.78 is 0. The third kappa shape index (κ3) is 7.04. The smallest absolute Gasteiger partial charge is 0.283 e. The average Bonchev–Trinajstić information content (AvgIpc) is 2.65. The maximum Gasteiger partial charge on any atom is 0.324 e. The van der Waals surface area contributed by atoms with Crippen LogP contribution in [0.5, 0.6) is 0 Å². The molecule has 0 aliphatic carbocycles. The number of carbonyl (C=O) groups excluding carboxylic acids is 2. The van der Waals surface area contributed by atoms with E-state index in [1.165, 1.54) is 0 Å². The van der Waals surface area contributed by atoms with E-state index in [9.17, 15) is 9.59 Å². The third-order valence-corrected chi connectivity index (χ3v) is 3.84. The van der Waals surface area contributed by atoms with Gasteiger partial charge >= 0.3 is 11.8 Å². The first kappa shape index (κ1) is 19.6. The van der Waals surface area contributed by atoms with E-state index in [2.05, 4.69) is 21.7 Å². The summed E-state index contributed by atoms with van der Waals surface area (Å²) in [6.07, 6.45) is 1.49. The molecule has 138 valence electrons. The number of nitrogens with one attached hydrogen (secondary N) is 4. The van der Waals surface area contributed by atoms with Crippen LogP contribution < -0.4 is 21.7 Å². The molecular formula is C20H26N4O2. The van der Waals surface area contributed by atoms with Gasteiger partial charge in [-0.1, -0.05) is 60.7 Å². The van der Waals surface area contributed by atoms with Gasteiger partial charge in [-0.3, -0.25) is 20.4 Å². The van der Waals surface area contributed by atoms with Gasteiger partial charge in [0, 0.05) is 12.1 Å². The minimum atomic E-state index is -0.732. The number of carbonyl (C=O) groups is 2. The average molecular weight is 354 g/mol. The van der Waals surface area contributed by atoms with Crippen LogP contribution in [0.1, 0.15) is 25.0 Å². The molecule has 4 N–H and O–H groups in total. The molecule has 2 rings (SSSR count). The van der Waals surface area contributed by atoms with Crippen molar-refractivity contribution in [3.05, 3.63) is 71.8 Å². The molecule has 0 aliphatic rings. The molecule has 6 heteroatoms. The van der Waals surface area contributed by atoms with Crippen molar-refractivity contribution in [1.29, 1.82) is 0 Å². The van der Waals surface area contributed by atoms with Gasteiger partial charge in [0.15, 0.2) is 0 Å². The first-order valence-electron chi connectivity index (χ1n) is 8.74. The highest BCUT2D eigenvalue weighted by Gasteiger charge is 2.15. The Balaban J connectivity index is 1.66. The van der Waals surface area contributed by atoms with Gasteiger partial charge in [0.2, 0.25) is 0 Å². The van der Waals surface area contributed by atoms with Crippen molar-refractivity contribution in [2.75, 3.05) is 0 Å². The largest absolute Gasteiger partial charge is 0.324 e. The lowest BCUT2D eigenvalue weighted by atomic mass is 10.1. The number of amides is 2. The molecule has 0 fully saturated rings. The Labute approximate surface area is 154 Å². The molecule has 0 heterocycles. The van der Waals surface area contributed by atoms with Crippen LogP contribution in [0.4, 0.5) is 0 Å². The first-order chi connectivity index (χ1) is 12.5. The van der Waals surface area contributed by atoms with Crippen molar-refractivity contribution < 1.29 is 9.59 Å². The first-order valence-corrected chi connectivity index (χ1v) is 8.74. The number of hydrazine groups is 2. The normalized spacial score (nSPS) is 12.8. The van der Waals surface area contributed by atoms with Crippen molar-refractivity contribution >= 4 is 11.8 Å². The number of benzene rings is 2. The van der Waals surface area contributed by atoms with Crippen molar-refractivity contribution in [3.63, 3.8) is 0 Å². The molecule has 0 saturated carbocycles. The fraction of sp³-hybridized carbons (Fsp3) is 0.300. The van der Waals surface area contributed by atoms with Gasteiger partial charge in [0.05, 0.1) is 0 Å². The molecule has 0 bridgehead atoms. The van der Waals surface area contributed by atoms with Gasteiger partial charge in [-0.05, 0) is 37.8 Å². The molecule has 2 amide bonds. The molecule has 26 heavy (non-hydrogen) atoms. The number of hydrogen-bond donors (Lipinski definition) is 4. The van der Waals surface area contributed by atoms with Crippen LogP contribution in [0.25, 0.3) is 0 Å². The van der Waals surface area contributed by atoms with E-state index in [-0.39, 0.29) is 12.1 Å². The Kier molecular flexibility index (Phi) is 7.79. The number of hydrogen-bond acceptors (Lipinski definition) is 4. The zero-order valence-electron chi connectivity index (χ0n) is 15.2. The highest BCUT2D eigenvalue weighted by atomic mass is 16.2. The molecular weight excluding hydrogens is 328 g/mol. The van der Waals surface area contributed by atoms with Crippen LogP contribution in [-0.4, -0.2) is 23.9 Å². The van der Waals surface area contributed by atoms with Crippen molar-refractivity contribution in [1.82, 2.24) is 21.7 Å². The quantitative estimate of drug-likeness (QED) is 0.428. The fourth-order valence-electron chi connectivity index (χ4n) is 2.53. The van der Waals surface area contributed by atoms with Crippen LogP contribution >= 0.6 is 0 Å². The zero-order valence-corrected chi connectivity index (χ0v) is 15.2. The van der Waals surface area contributed by atoms with E-state index in [0.717, 1.165) is 24.0 Å². The van der Waals surface area contributed by atoms with E-state index < -0.39 is 11.8 Å². The van der Waals surface area contributed by atoms with Crippen LogP contribution in [-0.2, 0) is 22.4 Å². The predicted octanol–water partition coefficient (Wildman–Crippen LogP) is 1.49. The molecule has 0 aromatic heterocycles. The zero-order chi connectivity index (χ0) is 18.8. The summed E-state index contributed by atoms with van der Waals surface area (Å²) in [6.45, 7) is 3.87. The highest BCUT2D eigenvalue weighted by molar-refractivity contribution is 6.34. The Hall–Kier alpha value is -2.70. The summed E-state index contributed by atoms with van der Waals surface area (Å²) in [5, 5.41) is 0. The predicted molar refractivity (Wildman–Crippen MR) is 102 cm³/mol. The monoisotopic (exact) mass is 354 g/mol. The van der Waals surface area contributed by atoms with E-state index >= 15 is 0 Å². The Morgan fingerprint density at radius 1 is 0.692 bits per heavy atom. The Morgan fingerprint density at radius 3 is 1.38 bits per heavy atom. The lowest BCUT2D eigenvalue weighted by Gasteiger charge is -2.16. The van der Waals surface area contributed by atoms with Crippen LogP contribution in [0.15, 0.2) is 60.7 Å². The minimum absolute atomic E-state index is 0.000821. The summed E-state index contributed by atoms with van der Waals surface area (Å²) in [5.41, 5.74) is 12.9. The third-order valence-electron chi connectivity index (χ3n) is 3.84. The minimum Gasteiger partial charge on any atom is -0.283 e.